The van der Waals surface area contributed by atoms with Crippen LogP contribution < -0.4 is 16.4 Å². The second kappa shape index (κ2) is 13.9. The number of aromatic carboxylic acids is 1. The number of nitrogens with two attached hydrogens (primary N) is 1. The third-order valence-electron chi connectivity index (χ3n) is 3.46. The van der Waals surface area contributed by atoms with Crippen LogP contribution in [-0.2, 0) is 9.59 Å². The van der Waals surface area contributed by atoms with Gasteiger partial charge in [0.1, 0.15) is 5.82 Å². The highest BCUT2D eigenvalue weighted by atomic mass is 16.4. The zero-order valence-corrected chi connectivity index (χ0v) is 18.2. The standard InChI is InChI=1S/C16H19N5O3.2C2H4O2/c1-9-8-18-4-3-13(9)19-5-6-20-15-12(14(17)22)7-11(16(23)24)10(2)21-15;2*1-2(3)4/h3-4,7-8H,5-6H2,1-2H3,(H2,17,22)(H,18,19)(H,20,21)(H,23,24);2*1H3,(H,3,4). The summed E-state index contributed by atoms with van der Waals surface area (Å²) in [6.45, 7) is 6.73. The Morgan fingerprint density at radius 2 is 1.50 bits per heavy atom. The number of carboxylic acid groups (broad SMARTS) is 3. The van der Waals surface area contributed by atoms with Gasteiger partial charge in [0.25, 0.3) is 17.8 Å². The number of aromatic nitrogens is 2. The van der Waals surface area contributed by atoms with Gasteiger partial charge in [-0.3, -0.25) is 19.4 Å². The number of carbonyl (C=O) groups is 4. The lowest BCUT2D eigenvalue weighted by molar-refractivity contribution is -0.135. The van der Waals surface area contributed by atoms with Crippen LogP contribution in [0.4, 0.5) is 11.5 Å². The van der Waals surface area contributed by atoms with E-state index < -0.39 is 23.8 Å². The highest BCUT2D eigenvalue weighted by molar-refractivity contribution is 6.00. The molecule has 1 amide bonds. The van der Waals surface area contributed by atoms with Crippen molar-refractivity contribution >= 4 is 35.3 Å². The summed E-state index contributed by atoms with van der Waals surface area (Å²) in [4.78, 5) is 48.8. The maximum Gasteiger partial charge on any atom is 0.337 e. The lowest BCUT2D eigenvalue weighted by Crippen LogP contribution is -2.21. The van der Waals surface area contributed by atoms with Gasteiger partial charge in [0.05, 0.1) is 16.8 Å². The van der Waals surface area contributed by atoms with Crippen molar-refractivity contribution in [2.24, 2.45) is 5.73 Å². The number of anilines is 2. The molecule has 0 bridgehead atoms. The van der Waals surface area contributed by atoms with E-state index in [-0.39, 0.29) is 16.9 Å². The number of aryl methyl sites for hydroxylation is 2. The highest BCUT2D eigenvalue weighted by Crippen LogP contribution is 2.17. The number of hydrogen-bond donors (Lipinski definition) is 6. The van der Waals surface area contributed by atoms with Gasteiger partial charge in [-0.1, -0.05) is 0 Å². The first kappa shape index (κ1) is 27.8. The van der Waals surface area contributed by atoms with E-state index in [9.17, 15) is 9.59 Å². The zero-order valence-electron chi connectivity index (χ0n) is 18.2. The molecule has 12 nitrogen and oxygen atoms in total. The summed E-state index contributed by atoms with van der Waals surface area (Å²) in [6.07, 6.45) is 3.46. The van der Waals surface area contributed by atoms with Gasteiger partial charge in [-0.2, -0.15) is 0 Å². The minimum atomic E-state index is -1.15. The number of primary amides is 1. The first-order valence-electron chi connectivity index (χ1n) is 9.18. The summed E-state index contributed by atoms with van der Waals surface area (Å²) >= 11 is 0. The average Bonchev–Trinajstić information content (AvgIpc) is 2.65. The number of rotatable bonds is 7. The lowest BCUT2D eigenvalue weighted by Gasteiger charge is -2.13. The largest absolute Gasteiger partial charge is 0.481 e. The van der Waals surface area contributed by atoms with Crippen molar-refractivity contribution < 1.29 is 34.5 Å². The molecule has 0 radical (unpaired) electrons. The van der Waals surface area contributed by atoms with Gasteiger partial charge in [-0.05, 0) is 31.5 Å². The van der Waals surface area contributed by atoms with Crippen LogP contribution in [0.5, 0.6) is 0 Å². The van der Waals surface area contributed by atoms with Crippen LogP contribution in [0.25, 0.3) is 0 Å². The zero-order chi connectivity index (χ0) is 24.8. The Balaban J connectivity index is 0.00000104. The van der Waals surface area contributed by atoms with Gasteiger partial charge in [0.15, 0.2) is 0 Å². The molecule has 0 aliphatic heterocycles. The number of carboxylic acids is 3. The van der Waals surface area contributed by atoms with E-state index in [4.69, 9.17) is 30.6 Å². The molecule has 0 fully saturated rings. The van der Waals surface area contributed by atoms with Crippen LogP contribution in [0, 0.1) is 13.8 Å². The van der Waals surface area contributed by atoms with E-state index in [2.05, 4.69) is 20.6 Å². The molecule has 174 valence electrons. The van der Waals surface area contributed by atoms with Crippen LogP contribution in [0.3, 0.4) is 0 Å². The summed E-state index contributed by atoms with van der Waals surface area (Å²) in [5, 5.41) is 30.2. The molecule has 32 heavy (non-hydrogen) atoms. The quantitative estimate of drug-likeness (QED) is 0.335. The van der Waals surface area contributed by atoms with Crippen LogP contribution in [0.1, 0.15) is 45.8 Å². The van der Waals surface area contributed by atoms with Crippen molar-refractivity contribution in [2.45, 2.75) is 27.7 Å². The molecule has 2 aromatic rings. The summed E-state index contributed by atoms with van der Waals surface area (Å²) < 4.78 is 0. The van der Waals surface area contributed by atoms with E-state index in [0.717, 1.165) is 25.1 Å². The summed E-state index contributed by atoms with van der Waals surface area (Å²) in [7, 11) is 0. The molecule has 0 saturated heterocycles. The lowest BCUT2D eigenvalue weighted by atomic mass is 10.1. The van der Waals surface area contributed by atoms with Crippen LogP contribution >= 0.6 is 0 Å². The van der Waals surface area contributed by atoms with Gasteiger partial charge in [0.2, 0.25) is 0 Å². The molecule has 2 rings (SSSR count). The van der Waals surface area contributed by atoms with Crippen molar-refractivity contribution in [2.75, 3.05) is 23.7 Å². The SMILES string of the molecule is CC(=O)O.CC(=O)O.Cc1cnccc1NCCNc1nc(C)c(C(=O)O)cc1C(N)=O. The maximum absolute atomic E-state index is 11.5. The first-order valence-corrected chi connectivity index (χ1v) is 9.18. The third kappa shape index (κ3) is 11.1. The Kier molecular flexibility index (Phi) is 12.1. The van der Waals surface area contributed by atoms with E-state index in [1.165, 1.54) is 6.07 Å². The fourth-order valence-corrected chi connectivity index (χ4v) is 2.19. The minimum absolute atomic E-state index is 0.0418. The van der Waals surface area contributed by atoms with Crippen molar-refractivity contribution in [3.63, 3.8) is 0 Å². The highest BCUT2D eigenvalue weighted by Gasteiger charge is 2.17. The third-order valence-corrected chi connectivity index (χ3v) is 3.46. The van der Waals surface area contributed by atoms with Crippen LogP contribution in [0.2, 0.25) is 0 Å². The number of pyridine rings is 2. The Morgan fingerprint density at radius 3 is 1.97 bits per heavy atom. The predicted octanol–water partition coefficient (Wildman–Crippen LogP) is 1.60. The molecule has 7 N–H and O–H groups in total. The number of amides is 1. The maximum atomic E-state index is 11.5. The number of hydrogen-bond acceptors (Lipinski definition) is 8. The van der Waals surface area contributed by atoms with Crippen molar-refractivity contribution in [3.05, 3.63) is 46.9 Å². The van der Waals surface area contributed by atoms with Crippen molar-refractivity contribution in [1.29, 1.82) is 0 Å². The van der Waals surface area contributed by atoms with Crippen molar-refractivity contribution in [3.8, 4) is 0 Å². The fourth-order valence-electron chi connectivity index (χ4n) is 2.19. The second-order valence-electron chi connectivity index (χ2n) is 6.27. The normalized spacial score (nSPS) is 9.25. The predicted molar refractivity (Wildman–Crippen MR) is 117 cm³/mol. The first-order chi connectivity index (χ1) is 14.9. The molecule has 2 heterocycles. The molecule has 2 aromatic heterocycles. The van der Waals surface area contributed by atoms with E-state index >= 15 is 0 Å². The smallest absolute Gasteiger partial charge is 0.337 e. The molecular weight excluding hydrogens is 422 g/mol. The number of carbonyl (C=O) groups excluding carboxylic acids is 1. The average molecular weight is 449 g/mol. The molecule has 0 aliphatic rings. The van der Waals surface area contributed by atoms with E-state index in [1.807, 2.05) is 13.0 Å². The minimum Gasteiger partial charge on any atom is -0.481 e. The van der Waals surface area contributed by atoms with Gasteiger partial charge >= 0.3 is 5.97 Å². The topological polar surface area (TPSA) is 205 Å². The van der Waals surface area contributed by atoms with Crippen LogP contribution in [-0.4, -0.2) is 62.2 Å². The molecule has 0 aromatic carbocycles. The Labute approximate surface area is 184 Å². The van der Waals surface area contributed by atoms with Gasteiger partial charge in [-0.25, -0.2) is 9.78 Å². The Hall–Kier alpha value is -4.22. The van der Waals surface area contributed by atoms with Crippen LogP contribution in [0.15, 0.2) is 24.5 Å². The molecule has 0 saturated carbocycles. The molecular formula is C20H27N5O7. The van der Waals surface area contributed by atoms with Gasteiger partial charge < -0.3 is 31.7 Å². The van der Waals surface area contributed by atoms with Gasteiger partial charge in [0, 0.05) is 45.0 Å². The summed E-state index contributed by atoms with van der Waals surface area (Å²) in [5.74, 6) is -3.27. The summed E-state index contributed by atoms with van der Waals surface area (Å²) in [5.41, 5.74) is 7.63. The molecule has 0 spiro atoms. The Morgan fingerprint density at radius 1 is 0.969 bits per heavy atom. The fraction of sp³-hybridized carbons (Fsp3) is 0.300. The molecule has 0 aliphatic carbocycles. The number of nitrogens with zero attached hydrogens (tertiary/aromatic N) is 2. The monoisotopic (exact) mass is 449 g/mol. The molecule has 12 heteroatoms. The number of nitrogens with one attached hydrogen (secondary N) is 2. The second-order valence-corrected chi connectivity index (χ2v) is 6.27. The van der Waals surface area contributed by atoms with E-state index in [1.54, 1.807) is 19.3 Å². The summed E-state index contributed by atoms with van der Waals surface area (Å²) in [6, 6.07) is 3.12. The molecule has 0 atom stereocenters. The number of aliphatic carboxylic acids is 2. The van der Waals surface area contributed by atoms with Gasteiger partial charge in [-0.15, -0.1) is 0 Å². The Bertz CT molecular complexity index is 943. The van der Waals surface area contributed by atoms with E-state index in [0.29, 0.717) is 18.8 Å². The molecule has 0 unspecified atom stereocenters. The van der Waals surface area contributed by atoms with Crippen molar-refractivity contribution in [1.82, 2.24) is 9.97 Å².